The molecule has 0 bridgehead atoms. The topological polar surface area (TPSA) is 26.0 Å². The van der Waals surface area contributed by atoms with Crippen LogP contribution in [0.25, 0.3) is 11.1 Å². The molecule has 1 aliphatic carbocycles. The lowest BCUT2D eigenvalue weighted by molar-refractivity contribution is 0.342. The van der Waals surface area contributed by atoms with E-state index < -0.39 is 0 Å². The Bertz CT molecular complexity index is 638. The number of benzene rings is 2. The molecule has 0 spiro atoms. The summed E-state index contributed by atoms with van der Waals surface area (Å²) in [4.78, 5) is 1.33. The van der Waals surface area contributed by atoms with Crippen molar-refractivity contribution in [3.05, 3.63) is 53.6 Å². The average molecular weight is 360 g/mol. The standard InChI is InChI=1S/C21H26ClNS/c22-18-11-12-21(19(15-18)16-7-3-1-4-8-16)24-20(13-14-23)17-9-5-2-6-10-17/h1,3-4,7-8,11-12,15,17,20H,2,5-6,9-10,13-14,23H2. The predicted octanol–water partition coefficient (Wildman–Crippen LogP) is 6.40. The van der Waals surface area contributed by atoms with Gasteiger partial charge in [-0.1, -0.05) is 61.2 Å². The molecule has 2 aromatic carbocycles. The van der Waals surface area contributed by atoms with Crippen LogP contribution in [0.3, 0.4) is 0 Å². The smallest absolute Gasteiger partial charge is 0.0412 e. The van der Waals surface area contributed by atoms with E-state index in [4.69, 9.17) is 17.3 Å². The Kier molecular flexibility index (Phi) is 6.65. The molecule has 1 aliphatic rings. The molecule has 1 nitrogen and oxygen atoms in total. The second-order valence-corrected chi connectivity index (χ2v) is 8.36. The van der Waals surface area contributed by atoms with E-state index in [1.54, 1.807) is 0 Å². The molecule has 0 saturated heterocycles. The first kappa shape index (κ1) is 17.8. The lowest BCUT2D eigenvalue weighted by Crippen LogP contribution is -2.23. The Balaban J connectivity index is 1.87. The number of hydrogen-bond acceptors (Lipinski definition) is 2. The van der Waals surface area contributed by atoms with Crippen molar-refractivity contribution in [1.82, 2.24) is 0 Å². The first-order valence-corrected chi connectivity index (χ1v) is 10.3. The molecule has 1 saturated carbocycles. The molecule has 3 rings (SSSR count). The van der Waals surface area contributed by atoms with Gasteiger partial charge in [-0.25, -0.2) is 0 Å². The van der Waals surface area contributed by atoms with Gasteiger partial charge in [0.15, 0.2) is 0 Å². The maximum Gasteiger partial charge on any atom is 0.0412 e. The van der Waals surface area contributed by atoms with Crippen molar-refractivity contribution in [3.8, 4) is 11.1 Å². The maximum atomic E-state index is 6.28. The molecule has 0 heterocycles. The molecule has 1 atom stereocenters. The van der Waals surface area contributed by atoms with E-state index >= 15 is 0 Å². The van der Waals surface area contributed by atoms with Crippen LogP contribution >= 0.6 is 23.4 Å². The first-order chi connectivity index (χ1) is 11.8. The normalized spacial score (nSPS) is 16.9. The summed E-state index contributed by atoms with van der Waals surface area (Å²) in [6.45, 7) is 0.766. The molecule has 1 unspecified atom stereocenters. The highest BCUT2D eigenvalue weighted by molar-refractivity contribution is 8.00. The van der Waals surface area contributed by atoms with Gasteiger partial charge < -0.3 is 5.73 Å². The van der Waals surface area contributed by atoms with Gasteiger partial charge in [0, 0.05) is 15.2 Å². The van der Waals surface area contributed by atoms with Crippen molar-refractivity contribution in [1.29, 1.82) is 0 Å². The van der Waals surface area contributed by atoms with Gasteiger partial charge in [-0.2, -0.15) is 0 Å². The van der Waals surface area contributed by atoms with Crippen LogP contribution in [-0.2, 0) is 0 Å². The van der Waals surface area contributed by atoms with Crippen molar-refractivity contribution >= 4 is 23.4 Å². The lowest BCUT2D eigenvalue weighted by atomic mass is 9.86. The molecule has 0 aliphatic heterocycles. The minimum Gasteiger partial charge on any atom is -0.330 e. The van der Waals surface area contributed by atoms with Crippen LogP contribution in [0.4, 0.5) is 0 Å². The molecule has 2 aromatic rings. The van der Waals surface area contributed by atoms with E-state index in [0.29, 0.717) is 5.25 Å². The maximum absolute atomic E-state index is 6.28. The fraction of sp³-hybridized carbons (Fsp3) is 0.429. The highest BCUT2D eigenvalue weighted by atomic mass is 35.5. The van der Waals surface area contributed by atoms with Crippen molar-refractivity contribution in [3.63, 3.8) is 0 Å². The zero-order chi connectivity index (χ0) is 16.8. The monoisotopic (exact) mass is 359 g/mol. The van der Waals surface area contributed by atoms with Crippen LogP contribution in [0.1, 0.15) is 38.5 Å². The number of nitrogens with two attached hydrogens (primary N) is 1. The van der Waals surface area contributed by atoms with E-state index in [-0.39, 0.29) is 0 Å². The molecule has 3 heteroatoms. The summed E-state index contributed by atoms with van der Waals surface area (Å²) in [7, 11) is 0. The second-order valence-electron chi connectivity index (χ2n) is 6.64. The van der Waals surface area contributed by atoms with E-state index in [2.05, 4.69) is 42.5 Å². The number of rotatable bonds is 6. The third kappa shape index (κ3) is 4.56. The van der Waals surface area contributed by atoms with Crippen molar-refractivity contribution in [2.45, 2.75) is 48.7 Å². The summed E-state index contributed by atoms with van der Waals surface area (Å²) in [6, 6.07) is 16.8. The first-order valence-electron chi connectivity index (χ1n) is 8.99. The SMILES string of the molecule is NCCC(Sc1ccc(Cl)cc1-c1ccccc1)C1CCCCC1. The summed E-state index contributed by atoms with van der Waals surface area (Å²) in [6.07, 6.45) is 7.94. The van der Waals surface area contributed by atoms with Crippen molar-refractivity contribution < 1.29 is 0 Å². The van der Waals surface area contributed by atoms with Crippen molar-refractivity contribution in [2.75, 3.05) is 6.54 Å². The highest BCUT2D eigenvalue weighted by Gasteiger charge is 2.25. The third-order valence-electron chi connectivity index (χ3n) is 4.93. The van der Waals surface area contributed by atoms with Crippen LogP contribution < -0.4 is 5.73 Å². The van der Waals surface area contributed by atoms with E-state index in [0.717, 1.165) is 23.9 Å². The molecule has 0 radical (unpaired) electrons. The van der Waals surface area contributed by atoms with Gasteiger partial charge in [-0.3, -0.25) is 0 Å². The van der Waals surface area contributed by atoms with Crippen molar-refractivity contribution in [2.24, 2.45) is 11.7 Å². The van der Waals surface area contributed by atoms with Crippen LogP contribution in [0.2, 0.25) is 5.02 Å². The molecular weight excluding hydrogens is 334 g/mol. The Hall–Kier alpha value is -0.960. The fourth-order valence-electron chi connectivity index (χ4n) is 3.67. The highest BCUT2D eigenvalue weighted by Crippen LogP contribution is 2.42. The summed E-state index contributed by atoms with van der Waals surface area (Å²) in [5.41, 5.74) is 8.40. The Morgan fingerprint density at radius 1 is 1.04 bits per heavy atom. The van der Waals surface area contributed by atoms with Gasteiger partial charge in [0.2, 0.25) is 0 Å². The molecule has 1 fully saturated rings. The minimum atomic E-state index is 0.610. The molecular formula is C21H26ClNS. The Morgan fingerprint density at radius 3 is 2.50 bits per heavy atom. The fourth-order valence-corrected chi connectivity index (χ4v) is 5.34. The molecule has 24 heavy (non-hydrogen) atoms. The van der Waals surface area contributed by atoms with Crippen LogP contribution in [-0.4, -0.2) is 11.8 Å². The third-order valence-corrected chi connectivity index (χ3v) is 6.70. The summed E-state index contributed by atoms with van der Waals surface area (Å²) in [5.74, 6) is 0.798. The summed E-state index contributed by atoms with van der Waals surface area (Å²) >= 11 is 8.30. The van der Waals surface area contributed by atoms with Gasteiger partial charge in [-0.05, 0) is 61.1 Å². The number of hydrogen-bond donors (Lipinski definition) is 1. The van der Waals surface area contributed by atoms with E-state index in [9.17, 15) is 0 Å². The molecule has 0 amide bonds. The van der Waals surface area contributed by atoms with Gasteiger partial charge in [0.1, 0.15) is 0 Å². The summed E-state index contributed by atoms with van der Waals surface area (Å²) < 4.78 is 0. The molecule has 128 valence electrons. The average Bonchev–Trinajstić information content (AvgIpc) is 2.64. The second kappa shape index (κ2) is 8.94. The molecule has 0 aromatic heterocycles. The van der Waals surface area contributed by atoms with Gasteiger partial charge in [0.05, 0.1) is 0 Å². The van der Waals surface area contributed by atoms with Gasteiger partial charge in [0.25, 0.3) is 0 Å². The minimum absolute atomic E-state index is 0.610. The van der Waals surface area contributed by atoms with Gasteiger partial charge in [-0.15, -0.1) is 11.8 Å². The number of thioether (sulfide) groups is 1. The van der Waals surface area contributed by atoms with E-state index in [1.165, 1.54) is 48.1 Å². The lowest BCUT2D eigenvalue weighted by Gasteiger charge is -2.30. The van der Waals surface area contributed by atoms with E-state index in [1.807, 2.05) is 17.8 Å². The number of halogens is 1. The van der Waals surface area contributed by atoms with Crippen LogP contribution in [0, 0.1) is 5.92 Å². The molecule has 2 N–H and O–H groups in total. The summed E-state index contributed by atoms with van der Waals surface area (Å²) in [5, 5.41) is 1.41. The zero-order valence-corrected chi connectivity index (χ0v) is 15.7. The largest absolute Gasteiger partial charge is 0.330 e. The zero-order valence-electron chi connectivity index (χ0n) is 14.1. The van der Waals surface area contributed by atoms with Crippen LogP contribution in [0.15, 0.2) is 53.4 Å². The Labute approximate surface area is 155 Å². The van der Waals surface area contributed by atoms with Crippen LogP contribution in [0.5, 0.6) is 0 Å². The Morgan fingerprint density at radius 2 is 1.79 bits per heavy atom. The predicted molar refractivity (Wildman–Crippen MR) is 107 cm³/mol. The van der Waals surface area contributed by atoms with Gasteiger partial charge >= 0.3 is 0 Å². The quantitative estimate of drug-likeness (QED) is 0.604.